The van der Waals surface area contributed by atoms with Gasteiger partial charge in [0.05, 0.1) is 18.8 Å². The summed E-state index contributed by atoms with van der Waals surface area (Å²) < 4.78 is 5.98. The highest BCUT2D eigenvalue weighted by molar-refractivity contribution is 9.10. The molecule has 0 saturated heterocycles. The Morgan fingerprint density at radius 1 is 1.35 bits per heavy atom. The monoisotopic (exact) mass is 437 g/mol. The van der Waals surface area contributed by atoms with Crippen molar-refractivity contribution >= 4 is 33.2 Å². The van der Waals surface area contributed by atoms with Crippen LogP contribution in [0.5, 0.6) is 5.75 Å². The molecule has 1 aliphatic carbocycles. The maximum Gasteiger partial charge on any atom is 0.252 e. The van der Waals surface area contributed by atoms with E-state index in [0.29, 0.717) is 17.9 Å². The van der Waals surface area contributed by atoms with Gasteiger partial charge in [0, 0.05) is 26.2 Å². The summed E-state index contributed by atoms with van der Waals surface area (Å²) in [6.45, 7) is 2.40. The molecule has 4 nitrogen and oxygen atoms in total. The van der Waals surface area contributed by atoms with Crippen LogP contribution in [-0.2, 0) is 5.41 Å². The molecular weight excluding hydrogens is 414 g/mol. The van der Waals surface area contributed by atoms with Gasteiger partial charge in [0.1, 0.15) is 5.75 Å². The number of carbonyl (C=O) groups excluding carboxylic acids is 1. The minimum atomic E-state index is -0.450. The van der Waals surface area contributed by atoms with Crippen molar-refractivity contribution in [2.75, 3.05) is 13.7 Å². The lowest BCUT2D eigenvalue weighted by Crippen LogP contribution is -2.38. The first kappa shape index (κ1) is 19.4. The van der Waals surface area contributed by atoms with Crippen LogP contribution in [0.3, 0.4) is 0 Å². The molecular formula is C20H24BrNO3S. The summed E-state index contributed by atoms with van der Waals surface area (Å²) in [4.78, 5) is 15.0. The molecule has 2 aromatic rings. The highest BCUT2D eigenvalue weighted by Crippen LogP contribution is 2.44. The molecule has 2 N–H and O–H groups in total. The van der Waals surface area contributed by atoms with Gasteiger partial charge in [0.15, 0.2) is 0 Å². The molecule has 1 aliphatic rings. The number of hydrogen-bond donors (Lipinski definition) is 2. The van der Waals surface area contributed by atoms with Crippen LogP contribution in [-0.4, -0.2) is 24.7 Å². The second-order valence-corrected chi connectivity index (χ2v) is 8.86. The molecule has 1 saturated carbocycles. The second-order valence-electron chi connectivity index (χ2n) is 6.89. The number of aliphatic hydroxyl groups excluding tert-OH is 1. The van der Waals surface area contributed by atoms with E-state index in [9.17, 15) is 9.90 Å². The van der Waals surface area contributed by atoms with E-state index in [4.69, 9.17) is 4.74 Å². The molecule has 140 valence electrons. The number of amides is 1. The topological polar surface area (TPSA) is 58.6 Å². The van der Waals surface area contributed by atoms with E-state index in [2.05, 4.69) is 27.3 Å². The van der Waals surface area contributed by atoms with Gasteiger partial charge in [-0.05, 0) is 66.0 Å². The first-order valence-electron chi connectivity index (χ1n) is 8.85. The van der Waals surface area contributed by atoms with E-state index in [1.165, 1.54) is 17.7 Å². The number of methoxy groups -OCH3 is 1. The third kappa shape index (κ3) is 3.97. The molecule has 0 spiro atoms. The SMILES string of the molecule is COc1ccc(Br)c(C(=O)NCC2(c3ccc([C@@H](C)O)s3)CCCC2)c1. The van der Waals surface area contributed by atoms with Gasteiger partial charge >= 0.3 is 0 Å². The lowest BCUT2D eigenvalue weighted by atomic mass is 9.84. The molecule has 6 heteroatoms. The summed E-state index contributed by atoms with van der Waals surface area (Å²) in [7, 11) is 1.59. The van der Waals surface area contributed by atoms with Crippen molar-refractivity contribution in [3.63, 3.8) is 0 Å². The summed E-state index contributed by atoms with van der Waals surface area (Å²) in [6, 6.07) is 9.52. The van der Waals surface area contributed by atoms with Crippen LogP contribution >= 0.6 is 27.3 Å². The van der Waals surface area contributed by atoms with E-state index in [1.807, 2.05) is 18.2 Å². The first-order chi connectivity index (χ1) is 12.4. The van der Waals surface area contributed by atoms with Crippen molar-refractivity contribution in [2.45, 2.75) is 44.1 Å². The molecule has 0 unspecified atom stereocenters. The summed E-state index contributed by atoms with van der Waals surface area (Å²) >= 11 is 5.11. The van der Waals surface area contributed by atoms with E-state index in [1.54, 1.807) is 31.4 Å². The number of hydrogen-bond acceptors (Lipinski definition) is 4. The van der Waals surface area contributed by atoms with Crippen LogP contribution in [0.1, 0.15) is 58.8 Å². The molecule has 0 radical (unpaired) electrons. The Kier molecular flexibility index (Phi) is 6.05. The number of rotatable bonds is 6. The van der Waals surface area contributed by atoms with Crippen LogP contribution in [0.4, 0.5) is 0 Å². The Morgan fingerprint density at radius 3 is 2.69 bits per heavy atom. The van der Waals surface area contributed by atoms with Crippen LogP contribution in [0.2, 0.25) is 0 Å². The maximum atomic E-state index is 12.7. The van der Waals surface area contributed by atoms with Crippen LogP contribution in [0, 0.1) is 0 Å². The van der Waals surface area contributed by atoms with Crippen molar-refractivity contribution in [3.8, 4) is 5.75 Å². The van der Waals surface area contributed by atoms with E-state index in [-0.39, 0.29) is 11.3 Å². The van der Waals surface area contributed by atoms with Crippen LogP contribution in [0.15, 0.2) is 34.8 Å². The highest BCUT2D eigenvalue weighted by atomic mass is 79.9. The third-order valence-corrected chi connectivity index (χ3v) is 7.32. The summed E-state index contributed by atoms with van der Waals surface area (Å²) in [5.41, 5.74) is 0.548. The molecule has 3 rings (SSSR count). The van der Waals surface area contributed by atoms with Crippen LogP contribution in [0.25, 0.3) is 0 Å². The largest absolute Gasteiger partial charge is 0.497 e. The normalized spacial score (nSPS) is 17.1. The predicted octanol–water partition coefficient (Wildman–Crippen LogP) is 4.81. The maximum absolute atomic E-state index is 12.7. The van der Waals surface area contributed by atoms with Crippen molar-refractivity contribution < 1.29 is 14.6 Å². The Morgan fingerprint density at radius 2 is 2.08 bits per heavy atom. The smallest absolute Gasteiger partial charge is 0.252 e. The highest BCUT2D eigenvalue weighted by Gasteiger charge is 2.37. The number of nitrogens with one attached hydrogen (secondary N) is 1. The van der Waals surface area contributed by atoms with Crippen molar-refractivity contribution in [3.05, 3.63) is 50.1 Å². The average Bonchev–Trinajstić information content (AvgIpc) is 3.30. The molecule has 26 heavy (non-hydrogen) atoms. The third-order valence-electron chi connectivity index (χ3n) is 5.13. The van der Waals surface area contributed by atoms with Crippen molar-refractivity contribution in [1.29, 1.82) is 0 Å². The quantitative estimate of drug-likeness (QED) is 0.680. The number of thiophene rings is 1. The lowest BCUT2D eigenvalue weighted by molar-refractivity contribution is 0.0942. The Balaban J connectivity index is 1.78. The molecule has 1 atom stereocenters. The molecule has 1 heterocycles. The fourth-order valence-corrected chi connectivity index (χ4v) is 5.19. The van der Waals surface area contributed by atoms with Gasteiger partial charge < -0.3 is 15.2 Å². The number of halogens is 1. The fourth-order valence-electron chi connectivity index (χ4n) is 3.57. The molecule has 1 amide bonds. The minimum Gasteiger partial charge on any atom is -0.497 e. The predicted molar refractivity (Wildman–Crippen MR) is 108 cm³/mol. The zero-order valence-corrected chi connectivity index (χ0v) is 17.5. The molecule has 1 fully saturated rings. The molecule has 1 aromatic heterocycles. The zero-order chi connectivity index (χ0) is 18.7. The lowest BCUT2D eigenvalue weighted by Gasteiger charge is -2.28. The molecule has 0 aliphatic heterocycles. The Labute approximate surface area is 166 Å². The van der Waals surface area contributed by atoms with Gasteiger partial charge in [-0.2, -0.15) is 0 Å². The van der Waals surface area contributed by atoms with Gasteiger partial charge in [0.25, 0.3) is 5.91 Å². The second kappa shape index (κ2) is 8.11. The van der Waals surface area contributed by atoms with Crippen LogP contribution < -0.4 is 10.1 Å². The fraction of sp³-hybridized carbons (Fsp3) is 0.450. The summed E-state index contributed by atoms with van der Waals surface area (Å²) in [5, 5.41) is 13.0. The standard InChI is InChI=1S/C20H24BrNO3S/c1-13(23)17-7-8-18(26-17)20(9-3-4-10-20)12-22-19(24)15-11-14(25-2)5-6-16(15)21/h5-8,11,13,23H,3-4,9-10,12H2,1-2H3,(H,22,24)/t13-/m1/s1. The van der Waals surface area contributed by atoms with E-state index >= 15 is 0 Å². The van der Waals surface area contributed by atoms with Gasteiger partial charge in [-0.25, -0.2) is 0 Å². The zero-order valence-electron chi connectivity index (χ0n) is 15.0. The average molecular weight is 438 g/mol. The first-order valence-corrected chi connectivity index (χ1v) is 10.5. The van der Waals surface area contributed by atoms with E-state index < -0.39 is 6.10 Å². The van der Waals surface area contributed by atoms with Gasteiger partial charge in [0.2, 0.25) is 0 Å². The Hall–Kier alpha value is -1.37. The van der Waals surface area contributed by atoms with Gasteiger partial charge in [-0.1, -0.05) is 12.8 Å². The number of ether oxygens (including phenoxy) is 1. The summed E-state index contributed by atoms with van der Waals surface area (Å²) in [5.74, 6) is 0.558. The van der Waals surface area contributed by atoms with Crippen molar-refractivity contribution in [1.82, 2.24) is 5.32 Å². The number of benzene rings is 1. The Bertz CT molecular complexity index is 781. The van der Waals surface area contributed by atoms with Gasteiger partial charge in [-0.15, -0.1) is 11.3 Å². The van der Waals surface area contributed by atoms with Crippen molar-refractivity contribution in [2.24, 2.45) is 0 Å². The van der Waals surface area contributed by atoms with Gasteiger partial charge in [-0.3, -0.25) is 4.79 Å². The summed E-state index contributed by atoms with van der Waals surface area (Å²) in [6.07, 6.45) is 4.01. The minimum absolute atomic E-state index is 0.0290. The van der Waals surface area contributed by atoms with E-state index in [0.717, 1.165) is 22.2 Å². The number of carbonyl (C=O) groups is 1. The number of aliphatic hydroxyl groups is 1. The molecule has 0 bridgehead atoms. The molecule has 1 aromatic carbocycles.